The molecule has 8 nitrogen and oxygen atoms in total. The van der Waals surface area contributed by atoms with Crippen LogP contribution in [0.1, 0.15) is 25.5 Å². The number of H-pyrrole nitrogens is 2. The molecule has 118 valence electrons. The van der Waals surface area contributed by atoms with Crippen molar-refractivity contribution in [2.75, 3.05) is 18.0 Å². The molecule has 0 bridgehead atoms. The molecule has 3 heterocycles. The van der Waals surface area contributed by atoms with Crippen LogP contribution >= 0.6 is 0 Å². The molecule has 1 aliphatic rings. The molecule has 1 fully saturated rings. The lowest BCUT2D eigenvalue weighted by molar-refractivity contribution is 0.569. The summed E-state index contributed by atoms with van der Waals surface area (Å²) < 4.78 is 0. The van der Waals surface area contributed by atoms with Gasteiger partial charge >= 0.3 is 5.69 Å². The molecule has 0 spiro atoms. The van der Waals surface area contributed by atoms with Crippen molar-refractivity contribution in [2.24, 2.45) is 5.92 Å². The maximum Gasteiger partial charge on any atom is 0.325 e. The van der Waals surface area contributed by atoms with E-state index >= 15 is 0 Å². The average Bonchev–Trinajstić information content (AvgIpc) is 3.03. The minimum Gasteiger partial charge on any atom is -0.369 e. The Hall–Kier alpha value is -2.95. The normalized spacial score (nSPS) is 17.2. The molecule has 2 N–H and O–H groups in total. The number of rotatable bonds is 3. The van der Waals surface area contributed by atoms with Crippen LogP contribution in [0.3, 0.4) is 0 Å². The summed E-state index contributed by atoms with van der Waals surface area (Å²) in [6.07, 6.45) is 3.46. The molecule has 1 aliphatic heterocycles. The molecular weight excluding hydrogens is 296 g/mol. The monoisotopic (exact) mass is 312 g/mol. The van der Waals surface area contributed by atoms with E-state index < -0.39 is 11.2 Å². The summed E-state index contributed by atoms with van der Waals surface area (Å²) in [4.78, 5) is 29.7. The maximum absolute atomic E-state index is 11.9. The van der Waals surface area contributed by atoms with Crippen LogP contribution in [0.25, 0.3) is 11.3 Å². The van der Waals surface area contributed by atoms with E-state index in [2.05, 4.69) is 32.0 Å². The summed E-state index contributed by atoms with van der Waals surface area (Å²) in [6.45, 7) is 3.86. The molecular formula is C15H16N6O2. The summed E-state index contributed by atoms with van der Waals surface area (Å²) in [5.74, 6) is 0.592. The van der Waals surface area contributed by atoms with Gasteiger partial charge in [0.15, 0.2) is 5.69 Å². The summed E-state index contributed by atoms with van der Waals surface area (Å²) >= 11 is 0. The summed E-state index contributed by atoms with van der Waals surface area (Å²) in [7, 11) is 0. The molecule has 0 unspecified atom stereocenters. The van der Waals surface area contributed by atoms with E-state index in [1.807, 2.05) is 6.07 Å². The lowest BCUT2D eigenvalue weighted by Gasteiger charge is -2.19. The Morgan fingerprint density at radius 2 is 2.26 bits per heavy atom. The van der Waals surface area contributed by atoms with Crippen molar-refractivity contribution < 1.29 is 0 Å². The van der Waals surface area contributed by atoms with Gasteiger partial charge in [0, 0.05) is 19.3 Å². The first-order valence-electron chi connectivity index (χ1n) is 7.47. The minimum atomic E-state index is -0.578. The number of nitriles is 1. The molecule has 8 heteroatoms. The maximum atomic E-state index is 11.9. The molecule has 2 aromatic heterocycles. The number of anilines is 1. The van der Waals surface area contributed by atoms with E-state index in [1.165, 1.54) is 6.20 Å². The second kappa shape index (κ2) is 6.04. The Bertz CT molecular complexity index is 879. The molecule has 0 amide bonds. The van der Waals surface area contributed by atoms with Gasteiger partial charge in [-0.15, -0.1) is 10.2 Å². The van der Waals surface area contributed by atoms with Crippen molar-refractivity contribution >= 4 is 5.69 Å². The lowest BCUT2D eigenvalue weighted by atomic mass is 10.1. The quantitative estimate of drug-likeness (QED) is 0.858. The second-order valence-electron chi connectivity index (χ2n) is 5.57. The van der Waals surface area contributed by atoms with Crippen LogP contribution in [0.2, 0.25) is 0 Å². The lowest BCUT2D eigenvalue weighted by Crippen LogP contribution is -2.24. The summed E-state index contributed by atoms with van der Waals surface area (Å²) in [5.41, 5.74) is 0.355. The van der Waals surface area contributed by atoms with Gasteiger partial charge in [0.05, 0.1) is 11.3 Å². The van der Waals surface area contributed by atoms with Gasteiger partial charge in [-0.05, 0) is 18.4 Å². The van der Waals surface area contributed by atoms with Gasteiger partial charge < -0.3 is 9.88 Å². The Morgan fingerprint density at radius 1 is 1.43 bits per heavy atom. The van der Waals surface area contributed by atoms with Crippen LogP contribution in [0.15, 0.2) is 21.9 Å². The number of hydrogen-bond donors (Lipinski definition) is 2. The van der Waals surface area contributed by atoms with Crippen LogP contribution in [0.4, 0.5) is 5.69 Å². The molecule has 0 radical (unpaired) electrons. The van der Waals surface area contributed by atoms with Crippen LogP contribution in [0, 0.1) is 17.2 Å². The highest BCUT2D eigenvalue weighted by Gasteiger charge is 2.24. The van der Waals surface area contributed by atoms with Gasteiger partial charge in [-0.2, -0.15) is 5.26 Å². The molecule has 0 saturated carbocycles. The Balaban J connectivity index is 2.05. The Kier molecular flexibility index (Phi) is 3.93. The van der Waals surface area contributed by atoms with Crippen LogP contribution in [-0.4, -0.2) is 33.3 Å². The zero-order valence-corrected chi connectivity index (χ0v) is 12.7. The van der Waals surface area contributed by atoms with Crippen LogP contribution in [0.5, 0.6) is 0 Å². The van der Waals surface area contributed by atoms with E-state index in [0.717, 1.165) is 25.9 Å². The number of hydrogen-bond acceptors (Lipinski definition) is 6. The van der Waals surface area contributed by atoms with Crippen molar-refractivity contribution in [3.63, 3.8) is 0 Å². The predicted octanol–water partition coefficient (Wildman–Crippen LogP) is 0.628. The first-order valence-corrected chi connectivity index (χ1v) is 7.47. The predicted molar refractivity (Wildman–Crippen MR) is 84.0 cm³/mol. The largest absolute Gasteiger partial charge is 0.369 e. The van der Waals surface area contributed by atoms with Gasteiger partial charge in [-0.25, -0.2) is 4.79 Å². The van der Waals surface area contributed by atoms with Gasteiger partial charge in [0.2, 0.25) is 0 Å². The van der Waals surface area contributed by atoms with E-state index in [0.29, 0.717) is 17.3 Å². The third-order valence-electron chi connectivity index (χ3n) is 4.18. The van der Waals surface area contributed by atoms with Gasteiger partial charge in [-0.3, -0.25) is 9.78 Å². The average molecular weight is 312 g/mol. The zero-order valence-electron chi connectivity index (χ0n) is 12.7. The second-order valence-corrected chi connectivity index (χ2v) is 5.57. The molecule has 1 saturated heterocycles. The van der Waals surface area contributed by atoms with E-state index in [9.17, 15) is 14.9 Å². The third kappa shape index (κ3) is 2.85. The Labute approximate surface area is 131 Å². The fourth-order valence-electron chi connectivity index (χ4n) is 2.82. The fourth-order valence-corrected chi connectivity index (χ4v) is 2.82. The highest BCUT2D eigenvalue weighted by molar-refractivity contribution is 5.66. The number of nitrogens with zero attached hydrogens (tertiary/aromatic N) is 4. The first-order chi connectivity index (χ1) is 11.1. The number of aromatic nitrogens is 4. The first kappa shape index (κ1) is 15.0. The van der Waals surface area contributed by atoms with Crippen molar-refractivity contribution in [3.8, 4) is 17.3 Å². The van der Waals surface area contributed by atoms with E-state index in [4.69, 9.17) is 0 Å². The van der Waals surface area contributed by atoms with Crippen molar-refractivity contribution in [2.45, 2.75) is 19.8 Å². The van der Waals surface area contributed by atoms with Crippen molar-refractivity contribution in [1.82, 2.24) is 20.2 Å². The standard InChI is InChI=1S/C15H16N6O2/c1-2-9-3-4-21(8-9)13-5-11(19-20-12(13)6-16)10-7-17-15(23)18-14(10)22/h5,7,9H,2-4,8H2,1H3,(H2,17,18,22,23)/t9-/m1/s1. The third-order valence-corrected chi connectivity index (χ3v) is 4.18. The highest BCUT2D eigenvalue weighted by Crippen LogP contribution is 2.29. The molecule has 0 aromatic carbocycles. The fraction of sp³-hybridized carbons (Fsp3) is 0.400. The van der Waals surface area contributed by atoms with Gasteiger partial charge in [0.25, 0.3) is 5.56 Å². The molecule has 1 atom stereocenters. The summed E-state index contributed by atoms with van der Waals surface area (Å²) in [5, 5.41) is 17.1. The molecule has 23 heavy (non-hydrogen) atoms. The number of aromatic amines is 2. The number of nitrogens with one attached hydrogen (secondary N) is 2. The molecule has 2 aromatic rings. The zero-order chi connectivity index (χ0) is 16.4. The van der Waals surface area contributed by atoms with Gasteiger partial charge in [0.1, 0.15) is 11.8 Å². The Morgan fingerprint density at radius 3 is 2.91 bits per heavy atom. The smallest absolute Gasteiger partial charge is 0.325 e. The van der Waals surface area contributed by atoms with Crippen molar-refractivity contribution in [3.05, 3.63) is 38.8 Å². The molecule has 3 rings (SSSR count). The molecule has 0 aliphatic carbocycles. The van der Waals surface area contributed by atoms with Gasteiger partial charge in [-0.1, -0.05) is 13.3 Å². The van der Waals surface area contributed by atoms with E-state index in [-0.39, 0.29) is 11.3 Å². The van der Waals surface area contributed by atoms with E-state index in [1.54, 1.807) is 6.07 Å². The minimum absolute atomic E-state index is 0.217. The van der Waals surface area contributed by atoms with Crippen LogP contribution in [-0.2, 0) is 0 Å². The topological polar surface area (TPSA) is 119 Å². The SMILES string of the molecule is CC[C@@H]1CCN(c2cc(-c3c[nH]c(=O)[nH]c3=O)nnc2C#N)C1. The van der Waals surface area contributed by atoms with Crippen molar-refractivity contribution in [1.29, 1.82) is 5.26 Å². The van der Waals surface area contributed by atoms with Crippen LogP contribution < -0.4 is 16.1 Å². The highest BCUT2D eigenvalue weighted by atomic mass is 16.2. The summed E-state index contributed by atoms with van der Waals surface area (Å²) in [6, 6.07) is 3.74.